The van der Waals surface area contributed by atoms with Crippen molar-refractivity contribution in [3.63, 3.8) is 0 Å². The molecule has 6 nitrogen and oxygen atoms in total. The lowest BCUT2D eigenvalue weighted by atomic mass is 10.2. The van der Waals surface area contributed by atoms with Crippen molar-refractivity contribution in [1.29, 1.82) is 0 Å². The highest BCUT2D eigenvalue weighted by atomic mass is 32.1. The fourth-order valence-corrected chi connectivity index (χ4v) is 3.33. The van der Waals surface area contributed by atoms with Crippen molar-refractivity contribution in [3.8, 4) is 27.9 Å². The number of nitrogens with one attached hydrogen (secondary N) is 1. The lowest BCUT2D eigenvalue weighted by Gasteiger charge is -2.06. The summed E-state index contributed by atoms with van der Waals surface area (Å²) in [6.45, 7) is 0. The van der Waals surface area contributed by atoms with Gasteiger partial charge in [0.1, 0.15) is 16.4 Å². The number of nitrogens with zero attached hydrogens (tertiary/aromatic N) is 2. The first-order chi connectivity index (χ1) is 13.6. The molecule has 140 valence electrons. The Bertz CT molecular complexity index is 1120. The van der Waals surface area contributed by atoms with Gasteiger partial charge in [-0.25, -0.2) is 4.39 Å². The lowest BCUT2D eigenvalue weighted by Crippen LogP contribution is -2.11. The van der Waals surface area contributed by atoms with E-state index in [0.29, 0.717) is 33.3 Å². The maximum absolute atomic E-state index is 13.1. The number of halogens is 1. The number of thiophene rings is 1. The third-order valence-electron chi connectivity index (χ3n) is 3.97. The zero-order valence-corrected chi connectivity index (χ0v) is 15.5. The Kier molecular flexibility index (Phi) is 4.86. The van der Waals surface area contributed by atoms with Crippen LogP contribution < -0.4 is 10.1 Å². The van der Waals surface area contributed by atoms with Crippen LogP contribution in [0.2, 0.25) is 0 Å². The van der Waals surface area contributed by atoms with Crippen molar-refractivity contribution in [2.24, 2.45) is 0 Å². The van der Waals surface area contributed by atoms with E-state index in [1.54, 1.807) is 49.6 Å². The van der Waals surface area contributed by atoms with Gasteiger partial charge in [0.2, 0.25) is 5.82 Å². The summed E-state index contributed by atoms with van der Waals surface area (Å²) in [5.41, 5.74) is 1.66. The van der Waals surface area contributed by atoms with E-state index in [0.717, 1.165) is 0 Å². The highest BCUT2D eigenvalue weighted by Gasteiger charge is 2.18. The number of hydrogen-bond donors (Lipinski definition) is 1. The summed E-state index contributed by atoms with van der Waals surface area (Å²) in [7, 11) is 1.54. The van der Waals surface area contributed by atoms with E-state index in [1.807, 2.05) is 5.38 Å². The second-order valence-corrected chi connectivity index (χ2v) is 6.70. The molecule has 4 aromatic rings. The van der Waals surface area contributed by atoms with Gasteiger partial charge in [0.25, 0.3) is 11.8 Å². The van der Waals surface area contributed by atoms with Crippen molar-refractivity contribution < 1.29 is 18.4 Å². The summed E-state index contributed by atoms with van der Waals surface area (Å²) in [5, 5.41) is 8.61. The molecule has 1 N–H and O–H groups in total. The number of rotatable bonds is 5. The molecule has 2 aromatic carbocycles. The minimum Gasteiger partial charge on any atom is -0.497 e. The SMILES string of the molecule is COc1cccc(C(=O)Nc2ccsc2-c2nc(-c3ccc(F)cc3)no2)c1. The summed E-state index contributed by atoms with van der Waals surface area (Å²) in [6.07, 6.45) is 0. The maximum atomic E-state index is 13.1. The number of ether oxygens (including phenoxy) is 1. The summed E-state index contributed by atoms with van der Waals surface area (Å²) >= 11 is 1.36. The topological polar surface area (TPSA) is 77.2 Å². The van der Waals surface area contributed by atoms with E-state index in [1.165, 1.54) is 23.5 Å². The number of carbonyl (C=O) groups excluding carboxylic acids is 1. The standard InChI is InChI=1S/C20H14FN3O3S/c1-26-15-4-2-3-13(11-15)19(25)22-16-9-10-28-17(16)20-23-18(24-27-20)12-5-7-14(21)8-6-12/h2-11H,1H3,(H,22,25). The molecule has 28 heavy (non-hydrogen) atoms. The van der Waals surface area contributed by atoms with Crippen molar-refractivity contribution in [2.45, 2.75) is 0 Å². The van der Waals surface area contributed by atoms with Crippen LogP contribution in [0.15, 0.2) is 64.5 Å². The number of aromatic nitrogens is 2. The number of benzene rings is 2. The average Bonchev–Trinajstić information content (AvgIpc) is 3.38. The van der Waals surface area contributed by atoms with Gasteiger partial charge < -0.3 is 14.6 Å². The summed E-state index contributed by atoms with van der Waals surface area (Å²) < 4.78 is 23.6. The highest BCUT2D eigenvalue weighted by Crippen LogP contribution is 2.34. The van der Waals surface area contributed by atoms with E-state index in [-0.39, 0.29) is 17.6 Å². The maximum Gasteiger partial charge on any atom is 0.270 e. The second kappa shape index (κ2) is 7.61. The Morgan fingerprint density at radius 1 is 1.18 bits per heavy atom. The molecule has 0 aliphatic carbocycles. The summed E-state index contributed by atoms with van der Waals surface area (Å²) in [4.78, 5) is 17.6. The molecule has 0 aliphatic rings. The summed E-state index contributed by atoms with van der Waals surface area (Å²) in [5.74, 6) is 0.591. The van der Waals surface area contributed by atoms with Crippen molar-refractivity contribution in [1.82, 2.24) is 10.1 Å². The van der Waals surface area contributed by atoms with Crippen LogP contribution in [0.3, 0.4) is 0 Å². The van der Waals surface area contributed by atoms with Gasteiger partial charge in [-0.1, -0.05) is 11.2 Å². The van der Waals surface area contributed by atoms with Gasteiger partial charge in [-0.15, -0.1) is 11.3 Å². The van der Waals surface area contributed by atoms with Gasteiger partial charge in [0.15, 0.2) is 0 Å². The first-order valence-electron chi connectivity index (χ1n) is 8.27. The predicted octanol–water partition coefficient (Wildman–Crippen LogP) is 4.87. The lowest BCUT2D eigenvalue weighted by molar-refractivity contribution is 0.102. The molecule has 0 unspecified atom stereocenters. The molecule has 8 heteroatoms. The molecule has 0 saturated carbocycles. The van der Waals surface area contributed by atoms with E-state index in [9.17, 15) is 9.18 Å². The van der Waals surface area contributed by atoms with E-state index in [2.05, 4.69) is 15.5 Å². The van der Waals surface area contributed by atoms with Crippen LogP contribution in [-0.4, -0.2) is 23.2 Å². The second-order valence-electron chi connectivity index (χ2n) is 5.78. The van der Waals surface area contributed by atoms with Crippen LogP contribution in [0, 0.1) is 5.82 Å². The van der Waals surface area contributed by atoms with Gasteiger partial charge in [-0.3, -0.25) is 4.79 Å². The summed E-state index contributed by atoms with van der Waals surface area (Å²) in [6, 6.07) is 14.4. The smallest absolute Gasteiger partial charge is 0.270 e. The van der Waals surface area contributed by atoms with Crippen LogP contribution in [0.25, 0.3) is 22.2 Å². The minimum atomic E-state index is -0.340. The largest absolute Gasteiger partial charge is 0.497 e. The predicted molar refractivity (Wildman–Crippen MR) is 104 cm³/mol. The molecule has 1 amide bonds. The zero-order valence-electron chi connectivity index (χ0n) is 14.7. The van der Waals surface area contributed by atoms with E-state index < -0.39 is 0 Å². The van der Waals surface area contributed by atoms with Gasteiger partial charge in [0, 0.05) is 11.1 Å². The molecule has 0 saturated heterocycles. The normalized spacial score (nSPS) is 10.6. The molecule has 4 rings (SSSR count). The van der Waals surface area contributed by atoms with E-state index >= 15 is 0 Å². The van der Waals surface area contributed by atoms with Crippen LogP contribution in [0.5, 0.6) is 5.75 Å². The first-order valence-corrected chi connectivity index (χ1v) is 9.15. The number of methoxy groups -OCH3 is 1. The third-order valence-corrected chi connectivity index (χ3v) is 4.87. The number of carbonyl (C=O) groups is 1. The molecule has 0 atom stereocenters. The Morgan fingerprint density at radius 3 is 2.79 bits per heavy atom. The van der Waals surface area contributed by atoms with Crippen LogP contribution in [-0.2, 0) is 0 Å². The Morgan fingerprint density at radius 2 is 2.00 bits per heavy atom. The molecule has 2 aromatic heterocycles. The molecule has 2 heterocycles. The Balaban J connectivity index is 1.57. The minimum absolute atomic E-state index is 0.273. The fourth-order valence-electron chi connectivity index (χ4n) is 2.56. The van der Waals surface area contributed by atoms with Crippen LogP contribution >= 0.6 is 11.3 Å². The van der Waals surface area contributed by atoms with Gasteiger partial charge in [-0.05, 0) is 53.9 Å². The number of hydrogen-bond acceptors (Lipinski definition) is 6. The van der Waals surface area contributed by atoms with Crippen molar-refractivity contribution in [2.75, 3.05) is 12.4 Å². The van der Waals surface area contributed by atoms with Crippen molar-refractivity contribution >= 4 is 22.9 Å². The monoisotopic (exact) mass is 395 g/mol. The number of amides is 1. The van der Waals surface area contributed by atoms with Crippen LogP contribution in [0.1, 0.15) is 10.4 Å². The van der Waals surface area contributed by atoms with E-state index in [4.69, 9.17) is 9.26 Å². The highest BCUT2D eigenvalue weighted by molar-refractivity contribution is 7.14. The molecule has 0 fully saturated rings. The third kappa shape index (κ3) is 3.63. The first kappa shape index (κ1) is 17.9. The molecular weight excluding hydrogens is 381 g/mol. The molecule has 0 spiro atoms. The van der Waals surface area contributed by atoms with Crippen molar-refractivity contribution in [3.05, 3.63) is 71.4 Å². The van der Waals surface area contributed by atoms with Gasteiger partial charge in [-0.2, -0.15) is 4.98 Å². The van der Waals surface area contributed by atoms with Gasteiger partial charge >= 0.3 is 0 Å². The zero-order chi connectivity index (χ0) is 19.5. The average molecular weight is 395 g/mol. The number of anilines is 1. The Labute approximate surface area is 163 Å². The molecule has 0 bridgehead atoms. The molecular formula is C20H14FN3O3S. The van der Waals surface area contributed by atoms with Crippen LogP contribution in [0.4, 0.5) is 10.1 Å². The fraction of sp³-hybridized carbons (Fsp3) is 0.0500. The molecule has 0 aliphatic heterocycles. The van der Waals surface area contributed by atoms with Gasteiger partial charge in [0.05, 0.1) is 12.8 Å². The Hall–Kier alpha value is -3.52. The quantitative estimate of drug-likeness (QED) is 0.522. The molecule has 0 radical (unpaired) electrons.